The fourth-order valence-electron chi connectivity index (χ4n) is 3.20. The van der Waals surface area contributed by atoms with Crippen molar-refractivity contribution in [3.63, 3.8) is 0 Å². The lowest BCUT2D eigenvalue weighted by molar-refractivity contribution is -0.149. The summed E-state index contributed by atoms with van der Waals surface area (Å²) >= 11 is 1.24. The van der Waals surface area contributed by atoms with Crippen molar-refractivity contribution in [1.29, 1.82) is 0 Å². The first-order chi connectivity index (χ1) is 16.1. The van der Waals surface area contributed by atoms with E-state index in [0.29, 0.717) is 0 Å². The highest BCUT2D eigenvalue weighted by Gasteiger charge is 2.43. The van der Waals surface area contributed by atoms with Gasteiger partial charge in [-0.15, -0.1) is 11.8 Å². The van der Waals surface area contributed by atoms with Crippen LogP contribution < -0.4 is 21.0 Å². The monoisotopic (exact) mass is 513 g/mol. The first-order valence-electron chi connectivity index (χ1n) is 10.6. The Morgan fingerprint density at radius 3 is 2.68 bits per heavy atom. The van der Waals surface area contributed by atoms with Crippen LogP contribution in [0.5, 0.6) is 5.75 Å². The van der Waals surface area contributed by atoms with E-state index in [-0.39, 0.29) is 30.8 Å². The number of ether oxygens (including phenoxy) is 1. The molecule has 3 rings (SSSR count). The molecule has 1 saturated heterocycles. The van der Waals surface area contributed by atoms with Crippen LogP contribution >= 0.6 is 19.5 Å². The van der Waals surface area contributed by atoms with E-state index in [2.05, 4.69) is 15.1 Å². The molecule has 12 nitrogen and oxygen atoms in total. The lowest BCUT2D eigenvalue weighted by Crippen LogP contribution is -2.38. The zero-order valence-corrected chi connectivity index (χ0v) is 20.6. The minimum absolute atomic E-state index is 0.150. The van der Waals surface area contributed by atoms with Gasteiger partial charge in [0, 0.05) is 6.42 Å². The van der Waals surface area contributed by atoms with Crippen LogP contribution in [0.1, 0.15) is 32.6 Å². The minimum Gasteiger partial charge on any atom is -0.462 e. The van der Waals surface area contributed by atoms with Crippen molar-refractivity contribution >= 4 is 31.4 Å². The molecule has 1 fully saturated rings. The lowest BCUT2D eigenvalue weighted by Gasteiger charge is -2.27. The summed E-state index contributed by atoms with van der Waals surface area (Å²) in [4.78, 5) is 32.0. The zero-order valence-electron chi connectivity index (χ0n) is 18.9. The number of aromatic nitrogens is 3. The molecule has 1 aliphatic rings. The molecule has 0 saturated carbocycles. The summed E-state index contributed by atoms with van der Waals surface area (Å²) in [7, 11) is -4.15. The predicted molar refractivity (Wildman–Crippen MR) is 126 cm³/mol. The van der Waals surface area contributed by atoms with Gasteiger partial charge in [0.25, 0.3) is 0 Å². The average Bonchev–Trinajstić information content (AvgIpc) is 3.15. The molecule has 0 bridgehead atoms. The minimum atomic E-state index is -4.15. The van der Waals surface area contributed by atoms with Gasteiger partial charge in [0.05, 0.1) is 29.4 Å². The van der Waals surface area contributed by atoms with Crippen LogP contribution in [0.15, 0.2) is 41.5 Å². The van der Waals surface area contributed by atoms with E-state index in [1.807, 2.05) is 0 Å². The summed E-state index contributed by atoms with van der Waals surface area (Å²) < 4.78 is 31.8. The van der Waals surface area contributed by atoms with Crippen molar-refractivity contribution in [1.82, 2.24) is 19.6 Å². The molecule has 0 radical (unpaired) electrons. The normalized spacial score (nSPS) is 22.8. The van der Waals surface area contributed by atoms with Crippen LogP contribution in [0.2, 0.25) is 0 Å². The van der Waals surface area contributed by atoms with Crippen LogP contribution in [0.4, 0.5) is 5.95 Å². The lowest BCUT2D eigenvalue weighted by atomic mass is 10.2. The number of thioether (sulfide) groups is 1. The Morgan fingerprint density at radius 1 is 1.35 bits per heavy atom. The van der Waals surface area contributed by atoms with Gasteiger partial charge in [-0.1, -0.05) is 18.2 Å². The van der Waals surface area contributed by atoms with Crippen molar-refractivity contribution in [2.45, 2.75) is 56.1 Å². The Kier molecular flexibility index (Phi) is 8.72. The Hall–Kier alpha value is -2.44. The van der Waals surface area contributed by atoms with E-state index in [1.54, 1.807) is 44.2 Å². The van der Waals surface area contributed by atoms with Gasteiger partial charge in [-0.05, 0) is 32.9 Å². The number of hydrogen-bond donors (Lipinski definition) is 3. The molecule has 2 aromatic rings. The number of carbonyl (C=O) groups is 1. The fourth-order valence-corrected chi connectivity index (χ4v) is 6.42. The number of carbonyl (C=O) groups excluding carboxylic acids is 1. The maximum atomic E-state index is 13.8. The molecule has 4 N–H and O–H groups in total. The molecule has 1 aromatic carbocycles. The second-order valence-corrected chi connectivity index (χ2v) is 10.9. The molecule has 5 atom stereocenters. The number of esters is 1. The van der Waals surface area contributed by atoms with Gasteiger partial charge in [0.1, 0.15) is 18.1 Å². The molecule has 14 heteroatoms. The highest BCUT2D eigenvalue weighted by atomic mass is 32.2. The van der Waals surface area contributed by atoms with E-state index in [0.717, 1.165) is 0 Å². The maximum Gasteiger partial charge on any atom is 0.459 e. The van der Waals surface area contributed by atoms with E-state index >= 15 is 0 Å². The van der Waals surface area contributed by atoms with Gasteiger partial charge in [0.15, 0.2) is 0 Å². The molecule has 0 amide bonds. The molecular weight excluding hydrogens is 485 g/mol. The van der Waals surface area contributed by atoms with Gasteiger partial charge < -0.3 is 20.1 Å². The fraction of sp³-hybridized carbons (Fsp3) is 0.500. The first kappa shape index (κ1) is 26.2. The number of nitrogens with one attached hydrogen (secondary N) is 1. The second kappa shape index (κ2) is 11.3. The summed E-state index contributed by atoms with van der Waals surface area (Å²) in [5.41, 5.74) is 4.86. The van der Waals surface area contributed by atoms with Gasteiger partial charge in [-0.25, -0.2) is 14.3 Å². The SMILES string of the molecule is CC(C)OC(=O)[C@H](C)NP(=O)(Oc1ccccc1)OC1C[C@H](n2cnc(N)nc2=O)S[C@@H]1CO. The topological polar surface area (TPSA) is 168 Å². The Balaban J connectivity index is 1.83. The van der Waals surface area contributed by atoms with Crippen LogP contribution in [0.3, 0.4) is 0 Å². The number of benzene rings is 1. The second-order valence-electron chi connectivity index (χ2n) is 7.83. The van der Waals surface area contributed by atoms with Crippen molar-refractivity contribution in [3.8, 4) is 5.75 Å². The van der Waals surface area contributed by atoms with E-state index in [4.69, 9.17) is 19.5 Å². The number of nitrogen functional groups attached to an aromatic ring is 1. The molecule has 2 unspecified atom stereocenters. The van der Waals surface area contributed by atoms with Gasteiger partial charge in [-0.3, -0.25) is 13.9 Å². The number of para-hydroxylation sites is 1. The average molecular weight is 514 g/mol. The quantitative estimate of drug-likeness (QED) is 0.311. The largest absolute Gasteiger partial charge is 0.462 e. The van der Waals surface area contributed by atoms with Crippen molar-refractivity contribution in [3.05, 3.63) is 47.1 Å². The number of aliphatic hydroxyl groups is 1. The molecule has 0 aliphatic carbocycles. The van der Waals surface area contributed by atoms with E-state index < -0.39 is 42.2 Å². The summed E-state index contributed by atoms with van der Waals surface area (Å²) in [5, 5.41) is 11.5. The molecule has 186 valence electrons. The summed E-state index contributed by atoms with van der Waals surface area (Å²) in [6, 6.07) is 7.33. The predicted octanol–water partition coefficient (Wildman–Crippen LogP) is 1.72. The van der Waals surface area contributed by atoms with Crippen molar-refractivity contribution < 1.29 is 28.3 Å². The number of rotatable bonds is 10. The molecule has 1 aromatic heterocycles. The summed E-state index contributed by atoms with van der Waals surface area (Å²) in [5.74, 6) is -0.518. The zero-order chi connectivity index (χ0) is 24.9. The third-order valence-corrected chi connectivity index (χ3v) is 7.96. The summed E-state index contributed by atoms with van der Waals surface area (Å²) in [6.07, 6.45) is 0.303. The summed E-state index contributed by atoms with van der Waals surface area (Å²) in [6.45, 7) is 4.57. The Bertz CT molecular complexity index is 1090. The highest BCUT2D eigenvalue weighted by molar-refractivity contribution is 8.00. The number of nitrogens with two attached hydrogens (primary N) is 1. The molecule has 34 heavy (non-hydrogen) atoms. The Morgan fingerprint density at radius 2 is 2.06 bits per heavy atom. The van der Waals surface area contributed by atoms with Gasteiger partial charge in [0.2, 0.25) is 5.95 Å². The smallest absolute Gasteiger partial charge is 0.459 e. The molecule has 0 spiro atoms. The van der Waals surface area contributed by atoms with E-state index in [1.165, 1.54) is 29.6 Å². The van der Waals surface area contributed by atoms with Gasteiger partial charge in [-0.2, -0.15) is 10.1 Å². The number of aliphatic hydroxyl groups excluding tert-OH is 1. The number of hydrogen-bond acceptors (Lipinski definition) is 11. The van der Waals surface area contributed by atoms with Crippen LogP contribution in [-0.4, -0.2) is 55.7 Å². The number of anilines is 1. The Labute approximate surface area is 200 Å². The van der Waals surface area contributed by atoms with Crippen molar-refractivity contribution in [2.75, 3.05) is 12.3 Å². The third-order valence-electron chi connectivity index (χ3n) is 4.72. The van der Waals surface area contributed by atoms with Crippen molar-refractivity contribution in [2.24, 2.45) is 0 Å². The first-order valence-corrected chi connectivity index (χ1v) is 13.1. The molecule has 1 aliphatic heterocycles. The van der Waals surface area contributed by atoms with Crippen LogP contribution in [0, 0.1) is 0 Å². The van der Waals surface area contributed by atoms with Crippen LogP contribution in [-0.2, 0) is 18.6 Å². The highest BCUT2D eigenvalue weighted by Crippen LogP contribution is 2.52. The molecular formula is C20H28N5O7PS. The number of nitrogens with zero attached hydrogens (tertiary/aromatic N) is 3. The third kappa shape index (κ3) is 6.80. The standard InChI is InChI=1S/C20H28N5O7PS/c1-12(2)30-18(27)13(3)24-33(29,31-14-7-5-4-6-8-14)32-15-9-17(34-16(15)10-26)25-11-22-19(21)23-20(25)28/h4-8,11-13,15-17,26H,9-10H2,1-3H3,(H,24,29)(H2,21,23,28)/t13-,15?,16+,17+,33?/m0/s1. The molecule has 2 heterocycles. The van der Waals surface area contributed by atoms with Crippen LogP contribution in [0.25, 0.3) is 0 Å². The maximum absolute atomic E-state index is 13.8. The van der Waals surface area contributed by atoms with E-state index in [9.17, 15) is 19.3 Å². The van der Waals surface area contributed by atoms with Gasteiger partial charge >= 0.3 is 19.4 Å².